The van der Waals surface area contributed by atoms with Crippen molar-refractivity contribution in [1.29, 1.82) is 0 Å². The standard InChI is InChI=1S/C40H80O2.3C4H8O2/c1-7-13-18-23-30-37(31-24-29-33-39(12-6,38(41)42)32-25-19-14-8-2)40(34-26-20-15-9-3,35-27-21-16-10-4)36-28-22-17-11-5;3*1-2-3-4(5)6/h37H,7-36H2,1-6H3,(H,41,42);3*2-3H2,1H3,(H,5,6). The highest BCUT2D eigenvalue weighted by atomic mass is 16.4. The quantitative estimate of drug-likeness (QED) is 0.0447. The van der Waals surface area contributed by atoms with Gasteiger partial charge >= 0.3 is 23.9 Å². The Hall–Kier alpha value is -2.12. The van der Waals surface area contributed by atoms with Crippen molar-refractivity contribution in [3.63, 3.8) is 0 Å². The molecule has 0 rings (SSSR count). The number of hydrogen-bond donors (Lipinski definition) is 4. The SMILES string of the molecule is CCCC(=O)O.CCCC(=O)O.CCCC(=O)O.CCCCCCC(CCCCC(CC)(CCCCCC)C(=O)O)C(CCCCCC)(CCCCCC)CCCCCC. The molecule has 0 fully saturated rings. The number of hydrogen-bond acceptors (Lipinski definition) is 4. The lowest BCUT2D eigenvalue weighted by Crippen LogP contribution is -2.32. The molecule has 2 unspecified atom stereocenters. The summed E-state index contributed by atoms with van der Waals surface area (Å²) in [5.41, 5.74) is 0.0120. The molecule has 0 saturated heterocycles. The van der Waals surface area contributed by atoms with E-state index in [0.29, 0.717) is 24.7 Å². The molecule has 8 nitrogen and oxygen atoms in total. The highest BCUT2D eigenvalue weighted by Gasteiger charge is 2.38. The van der Waals surface area contributed by atoms with Gasteiger partial charge in [0.15, 0.2) is 0 Å². The third-order valence-electron chi connectivity index (χ3n) is 12.3. The topological polar surface area (TPSA) is 149 Å². The van der Waals surface area contributed by atoms with Gasteiger partial charge in [-0.25, -0.2) is 0 Å². The fraction of sp³-hybridized carbons (Fsp3) is 0.923. The molecule has 0 saturated carbocycles. The molecule has 0 aromatic rings. The van der Waals surface area contributed by atoms with Crippen LogP contribution in [0.3, 0.4) is 0 Å². The van der Waals surface area contributed by atoms with Gasteiger partial charge in [0.25, 0.3) is 0 Å². The molecule has 0 amide bonds. The van der Waals surface area contributed by atoms with E-state index < -0.39 is 29.3 Å². The molecule has 360 valence electrons. The average molecular weight is 857 g/mol. The van der Waals surface area contributed by atoms with Crippen molar-refractivity contribution >= 4 is 23.9 Å². The van der Waals surface area contributed by atoms with Gasteiger partial charge in [-0.3, -0.25) is 19.2 Å². The minimum Gasteiger partial charge on any atom is -0.481 e. The summed E-state index contributed by atoms with van der Waals surface area (Å²) >= 11 is 0. The Bertz CT molecular complexity index is 881. The lowest BCUT2D eigenvalue weighted by atomic mass is 9.62. The summed E-state index contributed by atoms with van der Waals surface area (Å²) in [6, 6.07) is 0. The fourth-order valence-corrected chi connectivity index (χ4v) is 8.50. The van der Waals surface area contributed by atoms with Crippen molar-refractivity contribution < 1.29 is 39.6 Å². The first kappa shape index (κ1) is 64.5. The summed E-state index contributed by atoms with van der Waals surface area (Å²) in [5, 5.41) is 34.0. The normalized spacial score (nSPS) is 12.4. The van der Waals surface area contributed by atoms with Gasteiger partial charge in [0.1, 0.15) is 0 Å². The average Bonchev–Trinajstić information content (AvgIpc) is 3.20. The van der Waals surface area contributed by atoms with Gasteiger partial charge < -0.3 is 20.4 Å². The second-order valence-corrected chi connectivity index (χ2v) is 17.8. The summed E-state index contributed by atoms with van der Waals surface area (Å²) in [6.45, 7) is 19.3. The first-order chi connectivity index (χ1) is 28.7. The smallest absolute Gasteiger partial charge is 0.309 e. The van der Waals surface area contributed by atoms with Crippen molar-refractivity contribution in [3.05, 3.63) is 0 Å². The van der Waals surface area contributed by atoms with Gasteiger partial charge in [-0.15, -0.1) is 0 Å². The van der Waals surface area contributed by atoms with Gasteiger partial charge in [0.2, 0.25) is 0 Å². The molecule has 0 spiro atoms. The van der Waals surface area contributed by atoms with Crippen molar-refractivity contribution in [2.24, 2.45) is 16.7 Å². The fourth-order valence-electron chi connectivity index (χ4n) is 8.50. The number of rotatable bonds is 39. The van der Waals surface area contributed by atoms with E-state index in [1.807, 2.05) is 20.8 Å². The zero-order valence-electron chi connectivity index (χ0n) is 41.5. The molecule has 60 heavy (non-hydrogen) atoms. The Morgan fingerprint density at radius 2 is 0.617 bits per heavy atom. The Morgan fingerprint density at radius 3 is 0.850 bits per heavy atom. The zero-order chi connectivity index (χ0) is 46.3. The zero-order valence-corrected chi connectivity index (χ0v) is 41.5. The van der Waals surface area contributed by atoms with Crippen LogP contribution in [-0.4, -0.2) is 44.3 Å². The van der Waals surface area contributed by atoms with Crippen LogP contribution in [0.4, 0.5) is 0 Å². The van der Waals surface area contributed by atoms with Gasteiger partial charge in [-0.1, -0.05) is 204 Å². The van der Waals surface area contributed by atoms with Crippen LogP contribution in [0.2, 0.25) is 0 Å². The second kappa shape index (κ2) is 47.9. The number of carboxylic acids is 4. The van der Waals surface area contributed by atoms with Crippen molar-refractivity contribution in [1.82, 2.24) is 0 Å². The predicted molar refractivity (Wildman–Crippen MR) is 256 cm³/mol. The first-order valence-electron chi connectivity index (χ1n) is 25.6. The molecular formula is C52H104O8. The number of carboxylic acid groups (broad SMARTS) is 4. The summed E-state index contributed by atoms with van der Waals surface area (Å²) in [5.74, 6) is -1.84. The van der Waals surface area contributed by atoms with E-state index in [1.165, 1.54) is 161 Å². The minimum atomic E-state index is -0.711. The molecule has 0 aromatic carbocycles. The van der Waals surface area contributed by atoms with Crippen LogP contribution in [0.5, 0.6) is 0 Å². The molecule has 0 aliphatic heterocycles. The van der Waals surface area contributed by atoms with Gasteiger partial charge in [-0.2, -0.15) is 0 Å². The molecular weight excluding hydrogens is 753 g/mol. The van der Waals surface area contributed by atoms with E-state index in [1.54, 1.807) is 0 Å². The molecule has 4 N–H and O–H groups in total. The molecule has 0 radical (unpaired) electrons. The van der Waals surface area contributed by atoms with Crippen LogP contribution < -0.4 is 0 Å². The van der Waals surface area contributed by atoms with E-state index in [4.69, 9.17) is 15.3 Å². The lowest BCUT2D eigenvalue weighted by Gasteiger charge is -2.43. The highest BCUT2D eigenvalue weighted by molar-refractivity contribution is 5.74. The van der Waals surface area contributed by atoms with E-state index in [-0.39, 0.29) is 0 Å². The summed E-state index contributed by atoms with van der Waals surface area (Å²) in [7, 11) is 0. The van der Waals surface area contributed by atoms with Gasteiger partial charge in [-0.05, 0) is 82.0 Å². The Labute approximate surface area is 372 Å². The molecule has 0 aliphatic carbocycles. The maximum atomic E-state index is 12.5. The van der Waals surface area contributed by atoms with Crippen LogP contribution in [-0.2, 0) is 19.2 Å². The Balaban J connectivity index is -0.000000716. The third kappa shape index (κ3) is 41.2. The Kier molecular flexibility index (Phi) is 51.5. The van der Waals surface area contributed by atoms with Crippen LogP contribution in [0, 0.1) is 16.7 Å². The monoisotopic (exact) mass is 857 g/mol. The molecule has 8 heteroatoms. The minimum absolute atomic E-state index is 0.292. The van der Waals surface area contributed by atoms with E-state index in [9.17, 15) is 24.3 Å². The second-order valence-electron chi connectivity index (χ2n) is 17.8. The van der Waals surface area contributed by atoms with Gasteiger partial charge in [0.05, 0.1) is 5.41 Å². The molecule has 0 heterocycles. The first-order valence-corrected chi connectivity index (χ1v) is 25.6. The summed E-state index contributed by atoms with van der Waals surface area (Å²) < 4.78 is 0. The number of unbranched alkanes of at least 4 members (excludes halogenated alkanes) is 16. The number of carbonyl (C=O) groups is 4. The highest BCUT2D eigenvalue weighted by Crippen LogP contribution is 2.48. The lowest BCUT2D eigenvalue weighted by molar-refractivity contribution is -0.150. The third-order valence-corrected chi connectivity index (χ3v) is 12.3. The maximum Gasteiger partial charge on any atom is 0.309 e. The molecule has 0 aromatic heterocycles. The van der Waals surface area contributed by atoms with Crippen molar-refractivity contribution in [2.45, 2.75) is 293 Å². The van der Waals surface area contributed by atoms with Crippen LogP contribution in [0.25, 0.3) is 0 Å². The van der Waals surface area contributed by atoms with E-state index in [2.05, 4.69) is 41.5 Å². The maximum absolute atomic E-state index is 12.5. The van der Waals surface area contributed by atoms with E-state index >= 15 is 0 Å². The molecule has 0 bridgehead atoms. The molecule has 0 aliphatic rings. The summed E-state index contributed by atoms with van der Waals surface area (Å²) in [4.78, 5) is 41.3. The van der Waals surface area contributed by atoms with E-state index in [0.717, 1.165) is 57.3 Å². The van der Waals surface area contributed by atoms with Crippen LogP contribution in [0.15, 0.2) is 0 Å². The van der Waals surface area contributed by atoms with Gasteiger partial charge in [0, 0.05) is 19.3 Å². The molecule has 2 atom stereocenters. The van der Waals surface area contributed by atoms with Crippen LogP contribution in [0.1, 0.15) is 293 Å². The number of aliphatic carboxylic acids is 4. The van der Waals surface area contributed by atoms with Crippen LogP contribution >= 0.6 is 0 Å². The van der Waals surface area contributed by atoms with Crippen molar-refractivity contribution in [2.75, 3.05) is 0 Å². The Morgan fingerprint density at radius 1 is 0.350 bits per heavy atom. The van der Waals surface area contributed by atoms with Crippen molar-refractivity contribution in [3.8, 4) is 0 Å². The predicted octanol–water partition coefficient (Wildman–Crippen LogP) is 17.1. The summed E-state index contributed by atoms with van der Waals surface area (Å²) in [6.07, 6.45) is 41.7. The largest absolute Gasteiger partial charge is 0.481 e.